The van der Waals surface area contributed by atoms with E-state index >= 15 is 0 Å². The van der Waals surface area contributed by atoms with Gasteiger partial charge in [0.1, 0.15) is 0 Å². The van der Waals surface area contributed by atoms with Crippen LogP contribution in [0.2, 0.25) is 0 Å². The predicted octanol–water partition coefficient (Wildman–Crippen LogP) is 2.80. The number of unbranched alkanes of at least 4 members (excludes halogenated alkanes) is 1. The van der Waals surface area contributed by atoms with Gasteiger partial charge >= 0.3 is 0 Å². The molecule has 0 atom stereocenters. The van der Waals surface area contributed by atoms with Crippen molar-refractivity contribution < 1.29 is 49.5 Å². The van der Waals surface area contributed by atoms with Gasteiger partial charge in [0.2, 0.25) is 0 Å². The molecular weight excluding hydrogens is 373 g/mol. The monoisotopic (exact) mass is 401 g/mol. The molecule has 20 heavy (non-hydrogen) atoms. The molecular formula is C13H28O4S2Y-2. The Kier molecular flexibility index (Phi) is 13.9. The first-order valence-corrected chi connectivity index (χ1v) is 9.71. The summed E-state index contributed by atoms with van der Waals surface area (Å²) >= 11 is 0. The molecule has 0 N–H and O–H groups in total. The topological polar surface area (TPSA) is 68.3 Å². The number of rotatable bonds is 5. The Hall–Kier alpha value is 1.00. The first-order valence-electron chi connectivity index (χ1n) is 6.24. The van der Waals surface area contributed by atoms with Gasteiger partial charge in [-0.2, -0.15) is 20.8 Å². The minimum Gasteiger partial charge on any atom is -0.323 e. The van der Waals surface area contributed by atoms with E-state index in [1.54, 1.807) is 20.8 Å². The number of hydrogen-bond acceptors (Lipinski definition) is 4. The zero-order valence-corrected chi connectivity index (χ0v) is 18.0. The maximum atomic E-state index is 11.6. The Morgan fingerprint density at radius 1 is 0.900 bits per heavy atom. The SMILES string of the molecule is C[C-](C)C.[CH2-]S(=O)(=O)CCCCS(=O)(=O)C(C)(C)C.[Y]. The molecule has 0 aromatic carbocycles. The molecule has 0 aromatic heterocycles. The summed E-state index contributed by atoms with van der Waals surface area (Å²) in [7, 11) is -6.35. The van der Waals surface area contributed by atoms with Crippen LogP contribution in [0.5, 0.6) is 0 Å². The van der Waals surface area contributed by atoms with Crippen molar-refractivity contribution in [1.82, 2.24) is 0 Å². The van der Waals surface area contributed by atoms with Crippen LogP contribution < -0.4 is 0 Å². The zero-order chi connectivity index (χ0) is 15.9. The zero-order valence-electron chi connectivity index (χ0n) is 13.6. The van der Waals surface area contributed by atoms with E-state index < -0.39 is 24.4 Å². The van der Waals surface area contributed by atoms with Crippen molar-refractivity contribution in [2.75, 3.05) is 11.5 Å². The van der Waals surface area contributed by atoms with Gasteiger partial charge in [0, 0.05) is 48.3 Å². The van der Waals surface area contributed by atoms with Gasteiger partial charge in [0.25, 0.3) is 0 Å². The molecule has 0 aliphatic heterocycles. The molecule has 0 bridgehead atoms. The van der Waals surface area contributed by atoms with Crippen molar-refractivity contribution in [1.29, 1.82) is 0 Å². The average Bonchev–Trinajstić information content (AvgIpc) is 2.08. The first kappa shape index (κ1) is 25.9. The minimum atomic E-state index is -3.22. The van der Waals surface area contributed by atoms with Crippen molar-refractivity contribution in [3.05, 3.63) is 12.2 Å². The van der Waals surface area contributed by atoms with E-state index in [4.69, 9.17) is 0 Å². The van der Waals surface area contributed by atoms with E-state index in [0.717, 1.165) is 0 Å². The van der Waals surface area contributed by atoms with Crippen LogP contribution in [0.4, 0.5) is 0 Å². The maximum Gasteiger partial charge on any atom is 0.155 e. The van der Waals surface area contributed by atoms with Gasteiger partial charge in [-0.15, -0.1) is 0 Å². The summed E-state index contributed by atoms with van der Waals surface area (Å²) in [5.41, 5.74) is 0. The molecule has 0 heterocycles. The van der Waals surface area contributed by atoms with E-state index in [-0.39, 0.29) is 44.2 Å². The smallest absolute Gasteiger partial charge is 0.155 e. The van der Waals surface area contributed by atoms with E-state index in [0.29, 0.717) is 12.8 Å². The number of sulfone groups is 2. The summed E-state index contributed by atoms with van der Waals surface area (Å²) < 4.78 is 43.8. The molecule has 0 spiro atoms. The first-order chi connectivity index (χ1) is 8.19. The summed E-state index contributed by atoms with van der Waals surface area (Å²) in [5.74, 6) is 1.40. The molecule has 4 nitrogen and oxygen atoms in total. The fraction of sp³-hybridized carbons (Fsp3) is 0.846. The molecule has 1 radical (unpaired) electrons. The summed E-state index contributed by atoms with van der Waals surface area (Å²) in [5, 5.41) is 0. The predicted molar refractivity (Wildman–Crippen MR) is 82.2 cm³/mol. The van der Waals surface area contributed by atoms with Gasteiger partial charge in [-0.05, 0) is 33.6 Å². The van der Waals surface area contributed by atoms with Crippen LogP contribution in [0.15, 0.2) is 0 Å². The van der Waals surface area contributed by atoms with Gasteiger partial charge in [0.05, 0.1) is 10.5 Å². The Morgan fingerprint density at radius 3 is 1.45 bits per heavy atom. The van der Waals surface area contributed by atoms with Gasteiger partial charge in [0.15, 0.2) is 9.84 Å². The second kappa shape index (κ2) is 10.7. The Balaban J connectivity index is -0.000000508. The standard InChI is InChI=1S/C9H19O4S2.C4H9.Y/c1-9(2,3)15(12,13)8-6-5-7-14(4,10)11;1-4(2)3;/h4-8H2,1-3H3;1-3H3;/q2*-1;. The summed E-state index contributed by atoms with van der Waals surface area (Å²) in [6.07, 6.45) is 3.69. The van der Waals surface area contributed by atoms with Crippen LogP contribution in [0.1, 0.15) is 54.4 Å². The van der Waals surface area contributed by atoms with E-state index in [9.17, 15) is 16.8 Å². The summed E-state index contributed by atoms with van der Waals surface area (Å²) in [6, 6.07) is 0. The second-order valence-electron chi connectivity index (χ2n) is 6.09. The van der Waals surface area contributed by atoms with Crippen LogP contribution in [-0.4, -0.2) is 33.1 Å². The molecule has 7 heteroatoms. The molecule has 0 amide bonds. The van der Waals surface area contributed by atoms with E-state index in [1.165, 1.54) is 5.92 Å². The molecule has 0 aromatic rings. The third-order valence-electron chi connectivity index (χ3n) is 2.05. The summed E-state index contributed by atoms with van der Waals surface area (Å²) in [6.45, 7) is 11.2. The maximum absolute atomic E-state index is 11.6. The molecule has 0 saturated carbocycles. The normalized spacial score (nSPS) is 12.4. The van der Waals surface area contributed by atoms with Crippen molar-refractivity contribution in [3.8, 4) is 0 Å². The van der Waals surface area contributed by atoms with Crippen molar-refractivity contribution >= 4 is 19.7 Å². The molecule has 0 saturated heterocycles. The summed E-state index contributed by atoms with van der Waals surface area (Å²) in [4.78, 5) is 0. The van der Waals surface area contributed by atoms with Crippen LogP contribution >= 0.6 is 0 Å². The fourth-order valence-electron chi connectivity index (χ4n) is 0.920. The molecule has 0 unspecified atom stereocenters. The van der Waals surface area contributed by atoms with Crippen molar-refractivity contribution in [3.63, 3.8) is 0 Å². The van der Waals surface area contributed by atoms with Crippen LogP contribution in [0.3, 0.4) is 0 Å². The van der Waals surface area contributed by atoms with Gasteiger partial charge in [-0.3, -0.25) is 8.42 Å². The third-order valence-corrected chi connectivity index (χ3v) is 5.65. The molecule has 0 aliphatic carbocycles. The Morgan fingerprint density at radius 2 is 1.20 bits per heavy atom. The minimum absolute atomic E-state index is 0. The fourth-order valence-corrected chi connectivity index (χ4v) is 2.76. The second-order valence-corrected chi connectivity index (χ2v) is 10.8. The molecule has 0 fully saturated rings. The molecule has 0 rings (SSSR count). The Bertz CT molecular complexity index is 429. The van der Waals surface area contributed by atoms with Gasteiger partial charge < -0.3 is 5.92 Å². The number of hydrogen-bond donors (Lipinski definition) is 0. The van der Waals surface area contributed by atoms with Gasteiger partial charge in [-0.25, -0.2) is 14.7 Å². The quantitative estimate of drug-likeness (QED) is 0.525. The van der Waals surface area contributed by atoms with Crippen LogP contribution in [0.25, 0.3) is 0 Å². The Labute approximate surface area is 151 Å². The van der Waals surface area contributed by atoms with E-state index in [2.05, 4.69) is 27.0 Å². The van der Waals surface area contributed by atoms with Crippen molar-refractivity contribution in [2.45, 2.75) is 59.1 Å². The van der Waals surface area contributed by atoms with Crippen LogP contribution in [0, 0.1) is 12.2 Å². The molecule has 0 aliphatic rings. The third kappa shape index (κ3) is 17.1. The van der Waals surface area contributed by atoms with Gasteiger partial charge in [-0.1, -0.05) is 0 Å². The molecule has 121 valence electrons. The average molecular weight is 401 g/mol. The van der Waals surface area contributed by atoms with E-state index in [1.807, 2.05) is 0 Å². The van der Waals surface area contributed by atoms with Crippen molar-refractivity contribution in [2.24, 2.45) is 0 Å². The largest absolute Gasteiger partial charge is 0.323 e. The van der Waals surface area contributed by atoms with Crippen LogP contribution in [-0.2, 0) is 52.4 Å².